The molecule has 8 heteroatoms. The summed E-state index contributed by atoms with van der Waals surface area (Å²) in [6, 6.07) is 20.5. The van der Waals surface area contributed by atoms with Crippen molar-refractivity contribution in [3.8, 4) is 23.9 Å². The predicted molar refractivity (Wildman–Crippen MR) is 105 cm³/mol. The topological polar surface area (TPSA) is 111 Å². The van der Waals surface area contributed by atoms with Crippen molar-refractivity contribution in [3.63, 3.8) is 0 Å². The van der Waals surface area contributed by atoms with Crippen LogP contribution in [-0.2, 0) is 14.1 Å². The molecule has 0 saturated carbocycles. The fourth-order valence-electron chi connectivity index (χ4n) is 2.41. The van der Waals surface area contributed by atoms with Crippen LogP contribution >= 0.6 is 0 Å². The van der Waals surface area contributed by atoms with Crippen molar-refractivity contribution < 1.29 is 19.3 Å². The van der Waals surface area contributed by atoms with Gasteiger partial charge in [-0.1, -0.05) is 36.4 Å². The fourth-order valence-corrected chi connectivity index (χ4v) is 2.41. The Morgan fingerprint density at radius 1 is 0.667 bits per heavy atom. The first-order chi connectivity index (χ1) is 14.5. The highest BCUT2D eigenvalue weighted by Gasteiger charge is 2.01. The summed E-state index contributed by atoms with van der Waals surface area (Å²) in [6.45, 7) is 0. The molecule has 0 aliphatic heterocycles. The summed E-state index contributed by atoms with van der Waals surface area (Å²) in [5.74, 6) is 0. The molecule has 4 rings (SSSR count). The summed E-state index contributed by atoms with van der Waals surface area (Å²) < 4.78 is 8.21. The van der Waals surface area contributed by atoms with Gasteiger partial charge in [0, 0.05) is 12.5 Å². The lowest BCUT2D eigenvalue weighted by Gasteiger charge is -1.91. The van der Waals surface area contributed by atoms with Gasteiger partial charge in [0.1, 0.15) is 36.2 Å². The highest BCUT2D eigenvalue weighted by atomic mass is 16.2. The number of aryl methyl sites for hydroxylation is 2. The minimum absolute atomic E-state index is 0.500. The standard InChI is InChI=1S/2C10H11N2.2CHNO/c2*1-11-7-8-12(9-11)10-5-3-2-4-6-10;2*2-1-3/h2*2-9H,1H3;2*3H/q2*+1;;/p-2. The quantitative estimate of drug-likeness (QED) is 0.354. The van der Waals surface area contributed by atoms with Crippen LogP contribution in [0.2, 0.25) is 0 Å². The number of aromatic nitrogens is 4. The number of imidazole rings is 2. The predicted octanol–water partition coefficient (Wildman–Crippen LogP) is 0.259. The van der Waals surface area contributed by atoms with Crippen LogP contribution in [0.25, 0.3) is 11.4 Å². The molecule has 0 atom stereocenters. The van der Waals surface area contributed by atoms with Crippen molar-refractivity contribution >= 4 is 0 Å². The van der Waals surface area contributed by atoms with Crippen LogP contribution in [0.4, 0.5) is 0 Å². The third-order valence-electron chi connectivity index (χ3n) is 3.65. The Bertz CT molecular complexity index is 972. The van der Waals surface area contributed by atoms with Gasteiger partial charge in [0.05, 0.1) is 14.1 Å². The highest BCUT2D eigenvalue weighted by Crippen LogP contribution is 2.04. The van der Waals surface area contributed by atoms with Crippen LogP contribution in [0.3, 0.4) is 0 Å². The molecule has 30 heavy (non-hydrogen) atoms. The second-order valence-electron chi connectivity index (χ2n) is 5.83. The molecule has 2 heterocycles. The molecular formula is C22H22N6O2. The molecule has 4 aromatic rings. The molecule has 152 valence electrons. The summed E-state index contributed by atoms with van der Waals surface area (Å²) in [5, 5.41) is 30.0. The van der Waals surface area contributed by atoms with E-state index in [0.29, 0.717) is 12.5 Å². The van der Waals surface area contributed by atoms with Gasteiger partial charge in [-0.15, -0.1) is 0 Å². The largest absolute Gasteiger partial charge is 0.812 e. The lowest BCUT2D eigenvalue weighted by atomic mass is 10.3. The van der Waals surface area contributed by atoms with Crippen LogP contribution in [0.1, 0.15) is 0 Å². The second-order valence-corrected chi connectivity index (χ2v) is 5.83. The van der Waals surface area contributed by atoms with Crippen molar-refractivity contribution in [1.82, 2.24) is 9.13 Å². The van der Waals surface area contributed by atoms with Crippen LogP contribution in [0, 0.1) is 23.0 Å². The molecule has 0 fully saturated rings. The average Bonchev–Trinajstić information content (AvgIpc) is 3.39. The summed E-state index contributed by atoms with van der Waals surface area (Å²) in [6.07, 6.45) is 13.2. The Morgan fingerprint density at radius 2 is 0.967 bits per heavy atom. The van der Waals surface area contributed by atoms with E-state index in [1.54, 1.807) is 0 Å². The molecule has 2 aromatic carbocycles. The minimum Gasteiger partial charge on any atom is -0.812 e. The molecule has 0 N–H and O–H groups in total. The smallest absolute Gasteiger partial charge is 0.248 e. The van der Waals surface area contributed by atoms with E-state index in [4.69, 9.17) is 20.7 Å². The molecule has 0 unspecified atom stereocenters. The number of hydrogen-bond donors (Lipinski definition) is 0. The molecule has 0 aliphatic carbocycles. The first kappa shape index (κ1) is 23.5. The van der Waals surface area contributed by atoms with Crippen molar-refractivity contribution in [3.05, 3.63) is 98.1 Å². The molecular weight excluding hydrogens is 380 g/mol. The van der Waals surface area contributed by atoms with E-state index in [-0.39, 0.29) is 0 Å². The second kappa shape index (κ2) is 13.6. The molecule has 0 saturated heterocycles. The maximum atomic E-state index is 8.24. The Balaban J connectivity index is 0.000000239. The van der Waals surface area contributed by atoms with Gasteiger partial charge in [0.2, 0.25) is 12.7 Å². The molecule has 0 amide bonds. The number of para-hydroxylation sites is 2. The zero-order valence-electron chi connectivity index (χ0n) is 16.7. The van der Waals surface area contributed by atoms with E-state index in [1.807, 2.05) is 97.1 Å². The lowest BCUT2D eigenvalue weighted by molar-refractivity contribution is -0.670. The van der Waals surface area contributed by atoms with Gasteiger partial charge < -0.3 is 10.2 Å². The molecule has 0 spiro atoms. The van der Waals surface area contributed by atoms with Gasteiger partial charge in [0.25, 0.3) is 0 Å². The summed E-state index contributed by atoms with van der Waals surface area (Å²) in [4.78, 5) is 0. The van der Waals surface area contributed by atoms with Crippen molar-refractivity contribution in [2.45, 2.75) is 0 Å². The van der Waals surface area contributed by atoms with E-state index in [1.165, 1.54) is 11.4 Å². The first-order valence-corrected chi connectivity index (χ1v) is 8.75. The lowest BCUT2D eigenvalue weighted by Crippen LogP contribution is -2.23. The maximum Gasteiger partial charge on any atom is 0.248 e. The van der Waals surface area contributed by atoms with Crippen LogP contribution in [0.15, 0.2) is 98.1 Å². The van der Waals surface area contributed by atoms with Gasteiger partial charge >= 0.3 is 0 Å². The molecule has 0 aliphatic rings. The Morgan fingerprint density at radius 3 is 1.20 bits per heavy atom. The molecule has 8 nitrogen and oxygen atoms in total. The normalized spacial score (nSPS) is 8.53. The Labute approximate surface area is 175 Å². The summed E-state index contributed by atoms with van der Waals surface area (Å²) in [5.41, 5.74) is 2.39. The van der Waals surface area contributed by atoms with Gasteiger partial charge in [-0.25, -0.2) is 28.8 Å². The average molecular weight is 402 g/mol. The van der Waals surface area contributed by atoms with Gasteiger partial charge in [-0.05, 0) is 24.3 Å². The number of benzene rings is 2. The number of nitrogens with zero attached hydrogens (tertiary/aromatic N) is 6. The minimum atomic E-state index is 0.500. The molecule has 0 radical (unpaired) electrons. The molecule has 2 aromatic heterocycles. The zero-order valence-corrected chi connectivity index (χ0v) is 16.7. The van der Waals surface area contributed by atoms with E-state index in [9.17, 15) is 0 Å². The SMILES string of the molecule is C[n+]1ccn(-c2ccccc2)c1.C[n+]1ccn(-c2ccccc2)c1.N#C[O-].N#C[O-]. The summed E-state index contributed by atoms with van der Waals surface area (Å²) in [7, 11) is 4.03. The van der Waals surface area contributed by atoms with Gasteiger partial charge in [0.15, 0.2) is 0 Å². The van der Waals surface area contributed by atoms with Crippen molar-refractivity contribution in [2.75, 3.05) is 0 Å². The van der Waals surface area contributed by atoms with E-state index < -0.39 is 0 Å². The van der Waals surface area contributed by atoms with Gasteiger partial charge in [-0.2, -0.15) is 0 Å². The van der Waals surface area contributed by atoms with Crippen LogP contribution in [0.5, 0.6) is 0 Å². The third kappa shape index (κ3) is 8.42. The number of nitriles is 2. The highest BCUT2D eigenvalue weighted by molar-refractivity contribution is 5.30. The summed E-state index contributed by atoms with van der Waals surface area (Å²) >= 11 is 0. The van der Waals surface area contributed by atoms with Crippen molar-refractivity contribution in [1.29, 1.82) is 10.5 Å². The van der Waals surface area contributed by atoms with E-state index in [0.717, 1.165) is 0 Å². The van der Waals surface area contributed by atoms with E-state index in [2.05, 4.69) is 33.4 Å². The number of rotatable bonds is 2. The maximum absolute atomic E-state index is 8.24. The monoisotopic (exact) mass is 402 g/mol. The van der Waals surface area contributed by atoms with Crippen LogP contribution in [-0.4, -0.2) is 9.13 Å². The van der Waals surface area contributed by atoms with Crippen molar-refractivity contribution in [2.24, 2.45) is 14.1 Å². The molecule has 0 bridgehead atoms. The fraction of sp³-hybridized carbons (Fsp3) is 0.0909. The Kier molecular flexibility index (Phi) is 10.6. The number of hydrogen-bond acceptors (Lipinski definition) is 4. The Hall–Kier alpha value is -4.56. The van der Waals surface area contributed by atoms with E-state index >= 15 is 0 Å². The van der Waals surface area contributed by atoms with Gasteiger partial charge in [-0.3, -0.25) is 0 Å². The zero-order chi connectivity index (χ0) is 22.2. The third-order valence-corrected chi connectivity index (χ3v) is 3.65. The first-order valence-electron chi connectivity index (χ1n) is 8.75. The van der Waals surface area contributed by atoms with Crippen LogP contribution < -0.4 is 19.3 Å².